The first-order valence-corrected chi connectivity index (χ1v) is 11.0. The van der Waals surface area contributed by atoms with Gasteiger partial charge in [-0.05, 0) is 43.2 Å². The van der Waals surface area contributed by atoms with Gasteiger partial charge in [-0.3, -0.25) is 9.78 Å². The number of amides is 1. The van der Waals surface area contributed by atoms with Gasteiger partial charge in [0.05, 0.1) is 18.1 Å². The molecule has 1 saturated carbocycles. The van der Waals surface area contributed by atoms with Crippen molar-refractivity contribution < 1.29 is 9.63 Å². The summed E-state index contributed by atoms with van der Waals surface area (Å²) >= 11 is 0. The summed E-state index contributed by atoms with van der Waals surface area (Å²) in [6.07, 6.45) is 8.99. The van der Waals surface area contributed by atoms with Crippen LogP contribution < -0.4 is 10.2 Å². The lowest BCUT2D eigenvalue weighted by Gasteiger charge is -2.40. The van der Waals surface area contributed by atoms with Crippen molar-refractivity contribution in [2.75, 3.05) is 11.4 Å². The first-order valence-electron chi connectivity index (χ1n) is 11.0. The van der Waals surface area contributed by atoms with E-state index in [0.29, 0.717) is 35.2 Å². The largest absolute Gasteiger partial charge is 0.365 e. The van der Waals surface area contributed by atoms with E-state index >= 15 is 0 Å². The van der Waals surface area contributed by atoms with Crippen LogP contribution in [0.5, 0.6) is 0 Å². The molecule has 166 valence electrons. The molecule has 0 radical (unpaired) electrons. The highest BCUT2D eigenvalue weighted by molar-refractivity contribution is 6.06. The van der Waals surface area contributed by atoms with Crippen LogP contribution in [0.15, 0.2) is 35.9 Å². The SMILES string of the molecule is CCN(C(=O)c1cnc(C2=NOC3(CCC(C(C)(C)C)CC3)N2)n1C)c1cccnc1. The molecule has 0 unspecified atom stereocenters. The second-order valence-electron chi connectivity index (χ2n) is 9.58. The molecule has 4 rings (SSSR count). The van der Waals surface area contributed by atoms with Gasteiger partial charge in [0.1, 0.15) is 5.69 Å². The van der Waals surface area contributed by atoms with E-state index in [-0.39, 0.29) is 5.91 Å². The quantitative estimate of drug-likeness (QED) is 0.809. The highest BCUT2D eigenvalue weighted by Gasteiger charge is 2.45. The van der Waals surface area contributed by atoms with E-state index in [4.69, 9.17) is 4.84 Å². The van der Waals surface area contributed by atoms with Crippen LogP contribution in [0.25, 0.3) is 0 Å². The van der Waals surface area contributed by atoms with E-state index in [1.807, 2.05) is 26.1 Å². The highest BCUT2D eigenvalue weighted by atomic mass is 16.7. The number of hydrogen-bond donors (Lipinski definition) is 1. The maximum atomic E-state index is 13.2. The summed E-state index contributed by atoms with van der Waals surface area (Å²) in [5.74, 6) is 1.73. The number of aromatic nitrogens is 3. The van der Waals surface area contributed by atoms with Crippen molar-refractivity contribution in [2.45, 2.75) is 59.1 Å². The minimum Gasteiger partial charge on any atom is -0.365 e. The summed E-state index contributed by atoms with van der Waals surface area (Å²) in [6.45, 7) is 9.38. The first-order chi connectivity index (χ1) is 14.7. The Labute approximate surface area is 183 Å². The second-order valence-corrected chi connectivity index (χ2v) is 9.58. The first kappa shape index (κ1) is 21.3. The highest BCUT2D eigenvalue weighted by Crippen LogP contribution is 2.43. The molecule has 31 heavy (non-hydrogen) atoms. The predicted molar refractivity (Wildman–Crippen MR) is 120 cm³/mol. The number of rotatable bonds is 4. The van der Waals surface area contributed by atoms with E-state index in [9.17, 15) is 4.79 Å². The van der Waals surface area contributed by atoms with E-state index in [1.165, 1.54) is 0 Å². The Morgan fingerprint density at radius 1 is 1.32 bits per heavy atom. The molecule has 8 nitrogen and oxygen atoms in total. The van der Waals surface area contributed by atoms with E-state index in [0.717, 1.165) is 31.4 Å². The maximum absolute atomic E-state index is 13.2. The Morgan fingerprint density at radius 3 is 2.68 bits per heavy atom. The number of anilines is 1. The molecule has 3 heterocycles. The molecule has 1 fully saturated rings. The minimum absolute atomic E-state index is 0.128. The monoisotopic (exact) mass is 424 g/mol. The number of nitrogens with one attached hydrogen (secondary N) is 1. The average Bonchev–Trinajstić information content (AvgIpc) is 3.32. The molecule has 1 spiro atoms. The Bertz CT molecular complexity index is 968. The van der Waals surface area contributed by atoms with Gasteiger partial charge < -0.3 is 19.6 Å². The van der Waals surface area contributed by atoms with Gasteiger partial charge in [-0.15, -0.1) is 0 Å². The fourth-order valence-corrected chi connectivity index (χ4v) is 4.58. The van der Waals surface area contributed by atoms with Gasteiger partial charge in [-0.1, -0.05) is 25.9 Å². The molecule has 2 aromatic rings. The van der Waals surface area contributed by atoms with Crippen molar-refractivity contribution in [2.24, 2.45) is 23.5 Å². The average molecular weight is 425 g/mol. The molecule has 0 aromatic carbocycles. The number of hydrogen-bond acceptors (Lipinski definition) is 6. The lowest BCUT2D eigenvalue weighted by molar-refractivity contribution is -0.0774. The molecular formula is C23H32N6O2. The summed E-state index contributed by atoms with van der Waals surface area (Å²) in [4.78, 5) is 29.4. The molecule has 2 aliphatic rings. The Hall–Kier alpha value is -2.90. The van der Waals surface area contributed by atoms with Gasteiger partial charge in [0.2, 0.25) is 11.6 Å². The molecule has 1 aliphatic heterocycles. The standard InChI is InChI=1S/C23H32N6O2/c1-6-29(17-8-7-13-24-14-17)21(30)18-15-25-20(28(18)5)19-26-23(31-27-19)11-9-16(10-12-23)22(2,3)4/h7-8,13-16H,6,9-12H2,1-5H3,(H,26,27). The van der Waals surface area contributed by atoms with Crippen LogP contribution in [0.2, 0.25) is 0 Å². The van der Waals surface area contributed by atoms with E-state index in [1.54, 1.807) is 28.1 Å². The van der Waals surface area contributed by atoms with Gasteiger partial charge in [-0.2, -0.15) is 0 Å². The number of oxime groups is 1. The molecule has 0 saturated heterocycles. The predicted octanol–water partition coefficient (Wildman–Crippen LogP) is 3.70. The topological polar surface area (TPSA) is 84.6 Å². The van der Waals surface area contributed by atoms with Crippen LogP contribution in [0.3, 0.4) is 0 Å². The second kappa shape index (κ2) is 7.98. The van der Waals surface area contributed by atoms with E-state index in [2.05, 4.69) is 41.2 Å². The maximum Gasteiger partial charge on any atom is 0.276 e. The molecule has 1 N–H and O–H groups in total. The van der Waals surface area contributed by atoms with Crippen molar-refractivity contribution >= 4 is 17.4 Å². The number of nitrogens with zero attached hydrogens (tertiary/aromatic N) is 5. The smallest absolute Gasteiger partial charge is 0.276 e. The van der Waals surface area contributed by atoms with Crippen molar-refractivity contribution in [3.05, 3.63) is 42.2 Å². The number of pyridine rings is 1. The van der Waals surface area contributed by atoms with Crippen LogP contribution in [0, 0.1) is 11.3 Å². The third kappa shape index (κ3) is 4.03. The van der Waals surface area contributed by atoms with Gasteiger partial charge >= 0.3 is 0 Å². The Morgan fingerprint density at radius 2 is 2.06 bits per heavy atom. The van der Waals surface area contributed by atoms with Crippen LogP contribution >= 0.6 is 0 Å². The zero-order valence-electron chi connectivity index (χ0n) is 19.1. The van der Waals surface area contributed by atoms with Crippen molar-refractivity contribution in [1.29, 1.82) is 0 Å². The molecule has 2 aromatic heterocycles. The van der Waals surface area contributed by atoms with Gasteiger partial charge in [0.25, 0.3) is 5.91 Å². The zero-order valence-corrected chi connectivity index (χ0v) is 19.1. The van der Waals surface area contributed by atoms with Crippen LogP contribution in [-0.4, -0.2) is 38.5 Å². The van der Waals surface area contributed by atoms with E-state index < -0.39 is 5.72 Å². The third-order valence-electron chi connectivity index (χ3n) is 6.61. The summed E-state index contributed by atoms with van der Waals surface area (Å²) in [5.41, 5.74) is 1.09. The number of amidine groups is 1. The number of carbonyl (C=O) groups excluding carboxylic acids is 1. The number of carbonyl (C=O) groups is 1. The van der Waals surface area contributed by atoms with Crippen LogP contribution in [0.1, 0.15) is 69.7 Å². The number of imidazole rings is 1. The molecule has 1 amide bonds. The third-order valence-corrected chi connectivity index (χ3v) is 6.61. The molecule has 1 aliphatic carbocycles. The van der Waals surface area contributed by atoms with Crippen molar-refractivity contribution in [1.82, 2.24) is 19.9 Å². The van der Waals surface area contributed by atoms with Gasteiger partial charge in [0, 0.05) is 32.6 Å². The Balaban J connectivity index is 1.49. The lowest BCUT2D eigenvalue weighted by atomic mass is 9.70. The van der Waals surface area contributed by atoms with Gasteiger partial charge in [0.15, 0.2) is 5.82 Å². The lowest BCUT2D eigenvalue weighted by Crippen LogP contribution is -2.49. The Kier molecular flexibility index (Phi) is 5.49. The van der Waals surface area contributed by atoms with Gasteiger partial charge in [-0.25, -0.2) is 4.98 Å². The summed E-state index contributed by atoms with van der Waals surface area (Å²) in [7, 11) is 1.83. The van der Waals surface area contributed by atoms with Crippen molar-refractivity contribution in [3.8, 4) is 0 Å². The fourth-order valence-electron chi connectivity index (χ4n) is 4.58. The molecular weight excluding hydrogens is 392 g/mol. The zero-order chi connectivity index (χ0) is 22.2. The summed E-state index contributed by atoms with van der Waals surface area (Å²) < 4.78 is 1.77. The molecule has 0 atom stereocenters. The molecule has 0 bridgehead atoms. The minimum atomic E-state index is -0.460. The van der Waals surface area contributed by atoms with Crippen LogP contribution in [-0.2, 0) is 11.9 Å². The normalized spacial score (nSPS) is 23.3. The van der Waals surface area contributed by atoms with Crippen molar-refractivity contribution in [3.63, 3.8) is 0 Å². The summed E-state index contributed by atoms with van der Waals surface area (Å²) in [6, 6.07) is 3.70. The van der Waals surface area contributed by atoms with Crippen LogP contribution in [0.4, 0.5) is 5.69 Å². The fraction of sp³-hybridized carbons (Fsp3) is 0.565. The molecule has 8 heteroatoms. The summed E-state index contributed by atoms with van der Waals surface area (Å²) in [5, 5.41) is 7.79.